The topological polar surface area (TPSA) is 60.4 Å². The van der Waals surface area contributed by atoms with Gasteiger partial charge in [0.2, 0.25) is 5.78 Å². The summed E-state index contributed by atoms with van der Waals surface area (Å²) in [7, 11) is 1.04. The Hall–Kier alpha value is -2.48. The number of esters is 1. The lowest BCUT2D eigenvalue weighted by Crippen LogP contribution is -2.18. The number of hydrogen-bond acceptors (Lipinski definition) is 5. The molecule has 0 fully saturated rings. The maximum absolute atomic E-state index is 12.5. The van der Waals surface area contributed by atoms with Crippen molar-refractivity contribution in [1.82, 2.24) is 0 Å². The first-order valence-electron chi connectivity index (χ1n) is 6.64. The Morgan fingerprint density at radius 3 is 2.21 bits per heavy atom. The van der Waals surface area contributed by atoms with E-state index in [0.29, 0.717) is 10.4 Å². The smallest absolute Gasteiger partial charge is 0.416 e. The van der Waals surface area contributed by atoms with Crippen molar-refractivity contribution < 1.29 is 32.3 Å². The molecule has 2 rings (SSSR count). The van der Waals surface area contributed by atoms with Gasteiger partial charge in [0, 0.05) is 4.88 Å². The van der Waals surface area contributed by atoms with Crippen molar-refractivity contribution in [1.29, 1.82) is 0 Å². The average Bonchev–Trinajstić information content (AvgIpc) is 3.03. The highest BCUT2D eigenvalue weighted by Crippen LogP contribution is 2.33. The van der Waals surface area contributed by atoms with Crippen LogP contribution in [0, 0.1) is 0 Å². The molecule has 0 aliphatic rings. The Kier molecular flexibility index (Phi) is 5.18. The normalized spacial score (nSPS) is 11.2. The molecule has 1 aromatic heterocycles. The van der Waals surface area contributed by atoms with Gasteiger partial charge in [-0.2, -0.15) is 13.2 Å². The van der Waals surface area contributed by atoms with E-state index in [1.54, 1.807) is 6.07 Å². The second-order valence-electron chi connectivity index (χ2n) is 4.75. The van der Waals surface area contributed by atoms with E-state index in [9.17, 15) is 27.6 Å². The van der Waals surface area contributed by atoms with Gasteiger partial charge < -0.3 is 4.74 Å². The zero-order valence-corrected chi connectivity index (χ0v) is 13.2. The molecule has 8 heteroatoms. The minimum atomic E-state index is -4.41. The highest BCUT2D eigenvalue weighted by atomic mass is 32.1. The van der Waals surface area contributed by atoms with Gasteiger partial charge in [0.25, 0.3) is 0 Å². The van der Waals surface area contributed by atoms with Crippen LogP contribution in [-0.4, -0.2) is 24.6 Å². The molecule has 1 aromatic carbocycles. The first-order valence-corrected chi connectivity index (χ1v) is 7.46. The number of methoxy groups -OCH3 is 1. The van der Waals surface area contributed by atoms with Gasteiger partial charge in [-0.15, -0.1) is 11.3 Å². The molecular formula is C16H11F3O4S. The van der Waals surface area contributed by atoms with Crippen molar-refractivity contribution in [3.63, 3.8) is 0 Å². The monoisotopic (exact) mass is 356 g/mol. The van der Waals surface area contributed by atoms with E-state index in [-0.39, 0.29) is 4.88 Å². The summed E-state index contributed by atoms with van der Waals surface area (Å²) in [4.78, 5) is 35.1. The number of Topliss-reactive ketones (excluding diaryl/α,β-unsaturated/α-hetero) is 2. The fraction of sp³-hybridized carbons (Fsp3) is 0.188. The van der Waals surface area contributed by atoms with Crippen molar-refractivity contribution >= 4 is 28.9 Å². The van der Waals surface area contributed by atoms with Crippen LogP contribution in [0.3, 0.4) is 0 Å². The lowest BCUT2D eigenvalue weighted by molar-refractivity contribution is -0.151. The molecule has 0 amide bonds. The fourth-order valence-electron chi connectivity index (χ4n) is 1.89. The number of halogens is 3. The minimum Gasteiger partial charge on any atom is -0.463 e. The van der Waals surface area contributed by atoms with E-state index in [1.165, 1.54) is 18.2 Å². The highest BCUT2D eigenvalue weighted by molar-refractivity contribution is 7.17. The van der Waals surface area contributed by atoms with Crippen LogP contribution in [0.15, 0.2) is 36.4 Å². The molecule has 0 bridgehead atoms. The number of alkyl halides is 3. The maximum Gasteiger partial charge on any atom is 0.416 e. The van der Waals surface area contributed by atoms with Crippen LogP contribution in [0.1, 0.15) is 21.7 Å². The molecule has 0 aliphatic carbocycles. The lowest BCUT2D eigenvalue weighted by Gasteiger charge is -2.06. The predicted octanol–water partition coefficient (Wildman–Crippen LogP) is 3.75. The highest BCUT2D eigenvalue weighted by Gasteiger charge is 2.30. The first-order chi connectivity index (χ1) is 11.2. The summed E-state index contributed by atoms with van der Waals surface area (Å²) in [6.07, 6.45) is -5.02. The molecule has 0 atom stereocenters. The van der Waals surface area contributed by atoms with Crippen LogP contribution < -0.4 is 0 Å². The molecule has 4 nitrogen and oxygen atoms in total. The summed E-state index contributed by atoms with van der Waals surface area (Å²) >= 11 is 1.03. The zero-order valence-electron chi connectivity index (χ0n) is 12.3. The van der Waals surface area contributed by atoms with Gasteiger partial charge in [-0.05, 0) is 29.8 Å². The molecule has 0 spiro atoms. The van der Waals surface area contributed by atoms with Crippen LogP contribution in [0.4, 0.5) is 13.2 Å². The molecule has 0 radical (unpaired) electrons. The number of benzene rings is 1. The van der Waals surface area contributed by atoms with Crippen LogP contribution >= 0.6 is 11.3 Å². The van der Waals surface area contributed by atoms with Crippen molar-refractivity contribution in [3.05, 3.63) is 46.8 Å². The van der Waals surface area contributed by atoms with E-state index < -0.39 is 35.7 Å². The molecule has 0 unspecified atom stereocenters. The number of carbonyl (C=O) groups excluding carboxylic acids is 3. The van der Waals surface area contributed by atoms with Crippen molar-refractivity contribution in [2.45, 2.75) is 12.6 Å². The molecule has 126 valence electrons. The Morgan fingerprint density at radius 1 is 1.04 bits per heavy atom. The third-order valence-corrected chi connectivity index (χ3v) is 4.29. The Labute approximate surface area is 138 Å². The number of rotatable bonds is 5. The largest absolute Gasteiger partial charge is 0.463 e. The third-order valence-electron chi connectivity index (χ3n) is 3.11. The van der Waals surface area contributed by atoms with Gasteiger partial charge >= 0.3 is 12.1 Å². The molecule has 0 aliphatic heterocycles. The quantitative estimate of drug-likeness (QED) is 0.354. The Bertz CT molecular complexity index is 775. The molecular weight excluding hydrogens is 345 g/mol. The second kappa shape index (κ2) is 6.96. The number of hydrogen-bond donors (Lipinski definition) is 0. The summed E-state index contributed by atoms with van der Waals surface area (Å²) in [5.74, 6) is -2.59. The Balaban J connectivity index is 2.14. The molecule has 0 saturated heterocycles. The third kappa shape index (κ3) is 4.08. The van der Waals surface area contributed by atoms with Crippen LogP contribution in [0.25, 0.3) is 10.4 Å². The summed E-state index contributed by atoms with van der Waals surface area (Å²) in [5.41, 5.74) is -0.242. The lowest BCUT2D eigenvalue weighted by atomic mass is 10.1. The Morgan fingerprint density at radius 2 is 1.67 bits per heavy atom. The van der Waals surface area contributed by atoms with E-state index in [1.807, 2.05) is 0 Å². The summed E-state index contributed by atoms with van der Waals surface area (Å²) in [6.45, 7) is 0. The molecule has 0 saturated carbocycles. The van der Waals surface area contributed by atoms with Crippen molar-refractivity contribution in [3.8, 4) is 10.4 Å². The van der Waals surface area contributed by atoms with Crippen LogP contribution in [0.2, 0.25) is 0 Å². The van der Waals surface area contributed by atoms with E-state index >= 15 is 0 Å². The van der Waals surface area contributed by atoms with Crippen LogP contribution in [0.5, 0.6) is 0 Å². The van der Waals surface area contributed by atoms with Crippen molar-refractivity contribution in [2.24, 2.45) is 0 Å². The van der Waals surface area contributed by atoms with Gasteiger partial charge in [-0.3, -0.25) is 9.59 Å². The first kappa shape index (κ1) is 17.9. The van der Waals surface area contributed by atoms with E-state index in [0.717, 1.165) is 30.6 Å². The number of ketones is 2. The summed E-state index contributed by atoms with van der Waals surface area (Å²) < 4.78 is 41.8. The van der Waals surface area contributed by atoms with E-state index in [2.05, 4.69) is 4.74 Å². The van der Waals surface area contributed by atoms with Gasteiger partial charge in [-0.1, -0.05) is 12.1 Å². The molecule has 2 aromatic rings. The molecule has 24 heavy (non-hydrogen) atoms. The van der Waals surface area contributed by atoms with Gasteiger partial charge in [0.15, 0.2) is 5.78 Å². The van der Waals surface area contributed by atoms with Crippen LogP contribution in [-0.2, 0) is 20.5 Å². The van der Waals surface area contributed by atoms with Crippen molar-refractivity contribution in [2.75, 3.05) is 7.11 Å². The standard InChI is InChI=1S/C16H11F3O4S/c1-23-15(22)12(21)8-11(20)14-7-6-13(24-14)9-2-4-10(5-3-9)16(17,18)19/h2-7H,8H2,1H3. The minimum absolute atomic E-state index is 0.238. The number of carbonyl (C=O) groups is 3. The second-order valence-corrected chi connectivity index (χ2v) is 5.84. The maximum atomic E-state index is 12.5. The molecule has 1 heterocycles. The SMILES string of the molecule is COC(=O)C(=O)CC(=O)c1ccc(-c2ccc(C(F)(F)F)cc2)s1. The fourth-order valence-corrected chi connectivity index (χ4v) is 2.83. The van der Waals surface area contributed by atoms with E-state index in [4.69, 9.17) is 0 Å². The summed E-state index contributed by atoms with van der Waals surface area (Å²) in [5, 5.41) is 0. The summed E-state index contributed by atoms with van der Waals surface area (Å²) in [6, 6.07) is 7.56. The van der Waals surface area contributed by atoms with Gasteiger partial charge in [0.05, 0.1) is 24.0 Å². The zero-order chi connectivity index (χ0) is 17.9. The average molecular weight is 356 g/mol. The van der Waals surface area contributed by atoms with Gasteiger partial charge in [-0.25, -0.2) is 4.79 Å². The number of thiophene rings is 1. The van der Waals surface area contributed by atoms with Gasteiger partial charge in [0.1, 0.15) is 0 Å². The molecule has 0 N–H and O–H groups in total. The predicted molar refractivity (Wildman–Crippen MR) is 80.7 cm³/mol. The number of ether oxygens (including phenoxy) is 1.